The molecule has 7 heteroatoms. The summed E-state index contributed by atoms with van der Waals surface area (Å²) in [7, 11) is 3.98. The molecule has 0 aliphatic carbocycles. The van der Waals surface area contributed by atoms with Gasteiger partial charge < -0.3 is 4.90 Å². The fourth-order valence-electron chi connectivity index (χ4n) is 4.05. The number of nitrogens with zero attached hydrogens (tertiary/aromatic N) is 5. The largest absolute Gasteiger partial charge is 0.306 e. The van der Waals surface area contributed by atoms with E-state index in [-0.39, 0.29) is 11.4 Å². The average Bonchev–Trinajstić information content (AvgIpc) is 3.26. The summed E-state index contributed by atoms with van der Waals surface area (Å²) in [4.78, 5) is 22.1. The quantitative estimate of drug-likeness (QED) is 0.837. The Bertz CT molecular complexity index is 784. The molecule has 2 aromatic heterocycles. The zero-order chi connectivity index (χ0) is 17.6. The van der Waals surface area contributed by atoms with Crippen LogP contribution in [0.1, 0.15) is 16.2 Å². The van der Waals surface area contributed by atoms with Crippen molar-refractivity contribution >= 4 is 22.9 Å². The van der Waals surface area contributed by atoms with Crippen LogP contribution in [-0.2, 0) is 18.4 Å². The van der Waals surface area contributed by atoms with Crippen molar-refractivity contribution < 1.29 is 4.79 Å². The summed E-state index contributed by atoms with van der Waals surface area (Å²) < 4.78 is 1.76. The predicted molar refractivity (Wildman–Crippen MR) is 99.9 cm³/mol. The Labute approximate surface area is 152 Å². The number of amides is 1. The Balaban J connectivity index is 1.51. The van der Waals surface area contributed by atoms with Gasteiger partial charge >= 0.3 is 0 Å². The summed E-state index contributed by atoms with van der Waals surface area (Å²) in [6.07, 6.45) is 4.81. The van der Waals surface area contributed by atoms with Crippen molar-refractivity contribution in [3.05, 3.63) is 34.3 Å². The molecule has 0 radical (unpaired) electrons. The van der Waals surface area contributed by atoms with Gasteiger partial charge in [-0.05, 0) is 32.5 Å². The second kappa shape index (κ2) is 6.23. The van der Waals surface area contributed by atoms with Crippen LogP contribution in [0, 0.1) is 6.92 Å². The minimum absolute atomic E-state index is 0.0378. The lowest BCUT2D eigenvalue weighted by atomic mass is 9.93. The van der Waals surface area contributed by atoms with Crippen LogP contribution in [0.3, 0.4) is 0 Å². The number of thiophene rings is 1. The molecule has 4 heterocycles. The number of anilines is 1. The lowest BCUT2D eigenvalue weighted by Gasteiger charge is -2.46. The van der Waals surface area contributed by atoms with E-state index in [2.05, 4.69) is 41.0 Å². The van der Waals surface area contributed by atoms with E-state index in [1.165, 1.54) is 9.75 Å². The highest BCUT2D eigenvalue weighted by Crippen LogP contribution is 2.34. The van der Waals surface area contributed by atoms with Gasteiger partial charge in [0.1, 0.15) is 0 Å². The summed E-state index contributed by atoms with van der Waals surface area (Å²) in [5, 5.41) is 4.23. The lowest BCUT2D eigenvalue weighted by molar-refractivity contribution is -0.123. The highest BCUT2D eigenvalue weighted by Gasteiger charge is 2.47. The summed E-state index contributed by atoms with van der Waals surface area (Å²) in [5.74, 6) is 0.161. The lowest BCUT2D eigenvalue weighted by Crippen LogP contribution is -2.64. The molecular weight excluding hydrogens is 334 g/mol. The van der Waals surface area contributed by atoms with Crippen molar-refractivity contribution in [1.29, 1.82) is 0 Å². The van der Waals surface area contributed by atoms with E-state index < -0.39 is 0 Å². The van der Waals surface area contributed by atoms with Crippen LogP contribution < -0.4 is 4.90 Å². The highest BCUT2D eigenvalue weighted by atomic mass is 32.1. The fraction of sp³-hybridized carbons (Fsp3) is 0.556. The molecule has 0 N–H and O–H groups in total. The van der Waals surface area contributed by atoms with E-state index in [0.29, 0.717) is 6.54 Å². The first-order valence-electron chi connectivity index (χ1n) is 8.73. The summed E-state index contributed by atoms with van der Waals surface area (Å²) in [6, 6.07) is 4.43. The number of hydrogen-bond donors (Lipinski definition) is 0. The topological polar surface area (TPSA) is 44.6 Å². The van der Waals surface area contributed by atoms with Gasteiger partial charge in [-0.25, -0.2) is 0 Å². The number of likely N-dealkylation sites (tertiary alicyclic amines) is 1. The molecule has 25 heavy (non-hydrogen) atoms. The third-order valence-electron chi connectivity index (χ3n) is 5.53. The van der Waals surface area contributed by atoms with Crippen LogP contribution >= 0.6 is 11.3 Å². The molecule has 2 fully saturated rings. The van der Waals surface area contributed by atoms with Crippen LogP contribution in [0.2, 0.25) is 0 Å². The minimum atomic E-state index is 0.0378. The number of piperazine rings is 1. The third-order valence-corrected chi connectivity index (χ3v) is 6.51. The number of rotatable bonds is 3. The van der Waals surface area contributed by atoms with E-state index in [0.717, 1.165) is 38.3 Å². The van der Waals surface area contributed by atoms with Crippen molar-refractivity contribution in [2.24, 2.45) is 7.05 Å². The van der Waals surface area contributed by atoms with Gasteiger partial charge in [-0.2, -0.15) is 5.10 Å². The number of carbonyl (C=O) groups is 1. The van der Waals surface area contributed by atoms with Crippen LogP contribution in [0.15, 0.2) is 24.5 Å². The van der Waals surface area contributed by atoms with Gasteiger partial charge in [0.05, 0.1) is 24.0 Å². The first-order valence-corrected chi connectivity index (χ1v) is 9.55. The summed E-state index contributed by atoms with van der Waals surface area (Å²) >= 11 is 1.88. The van der Waals surface area contributed by atoms with E-state index in [1.807, 2.05) is 29.5 Å². The SMILES string of the molecule is Cc1ccc(CN2CCC3(C2)CN(c2cnn(C)c2)C(=O)CN3C)s1. The molecule has 0 bridgehead atoms. The summed E-state index contributed by atoms with van der Waals surface area (Å²) in [5.41, 5.74) is 0.947. The highest BCUT2D eigenvalue weighted by molar-refractivity contribution is 7.11. The average molecular weight is 359 g/mol. The molecule has 1 spiro atoms. The van der Waals surface area contributed by atoms with Crippen molar-refractivity contribution in [3.8, 4) is 0 Å². The van der Waals surface area contributed by atoms with E-state index in [1.54, 1.807) is 10.9 Å². The molecule has 2 saturated heterocycles. The molecule has 0 saturated carbocycles. The molecular formula is C18H25N5OS. The molecule has 1 amide bonds. The van der Waals surface area contributed by atoms with Crippen molar-refractivity contribution in [2.75, 3.05) is 38.1 Å². The molecule has 134 valence electrons. The van der Waals surface area contributed by atoms with Gasteiger partial charge in [0.25, 0.3) is 0 Å². The number of likely N-dealkylation sites (N-methyl/N-ethyl adjacent to an activating group) is 1. The smallest absolute Gasteiger partial charge is 0.241 e. The minimum Gasteiger partial charge on any atom is -0.306 e. The Morgan fingerprint density at radius 2 is 2.12 bits per heavy atom. The van der Waals surface area contributed by atoms with Crippen LogP contribution in [-0.4, -0.2) is 64.3 Å². The number of aryl methyl sites for hydroxylation is 2. The number of aromatic nitrogens is 2. The zero-order valence-electron chi connectivity index (χ0n) is 15.1. The predicted octanol–water partition coefficient (Wildman–Crippen LogP) is 1.71. The Morgan fingerprint density at radius 1 is 1.28 bits per heavy atom. The van der Waals surface area contributed by atoms with Gasteiger partial charge in [-0.15, -0.1) is 11.3 Å². The molecule has 1 atom stereocenters. The van der Waals surface area contributed by atoms with Crippen LogP contribution in [0.5, 0.6) is 0 Å². The van der Waals surface area contributed by atoms with Crippen molar-refractivity contribution in [3.63, 3.8) is 0 Å². The van der Waals surface area contributed by atoms with Gasteiger partial charge in [0.15, 0.2) is 0 Å². The monoisotopic (exact) mass is 359 g/mol. The van der Waals surface area contributed by atoms with Gasteiger partial charge in [0, 0.05) is 49.2 Å². The number of carbonyl (C=O) groups excluding carboxylic acids is 1. The second-order valence-electron chi connectivity index (χ2n) is 7.41. The molecule has 2 aliphatic rings. The molecule has 4 rings (SSSR count). The fourth-order valence-corrected chi connectivity index (χ4v) is 4.98. The molecule has 0 aromatic carbocycles. The van der Waals surface area contributed by atoms with Gasteiger partial charge in [-0.1, -0.05) is 0 Å². The van der Waals surface area contributed by atoms with E-state index in [4.69, 9.17) is 0 Å². The Morgan fingerprint density at radius 3 is 2.80 bits per heavy atom. The van der Waals surface area contributed by atoms with Crippen LogP contribution in [0.25, 0.3) is 0 Å². The van der Waals surface area contributed by atoms with Gasteiger partial charge in [-0.3, -0.25) is 19.3 Å². The third kappa shape index (κ3) is 3.12. The van der Waals surface area contributed by atoms with E-state index in [9.17, 15) is 4.79 Å². The molecule has 6 nitrogen and oxygen atoms in total. The van der Waals surface area contributed by atoms with Gasteiger partial charge in [0.2, 0.25) is 5.91 Å². The van der Waals surface area contributed by atoms with Crippen LogP contribution in [0.4, 0.5) is 5.69 Å². The first-order chi connectivity index (χ1) is 11.9. The maximum Gasteiger partial charge on any atom is 0.241 e. The first kappa shape index (κ1) is 16.8. The van der Waals surface area contributed by atoms with Crippen molar-refractivity contribution in [2.45, 2.75) is 25.4 Å². The Hall–Kier alpha value is -1.70. The second-order valence-corrected chi connectivity index (χ2v) is 8.78. The Kier molecular flexibility index (Phi) is 4.17. The molecule has 2 aromatic rings. The molecule has 1 unspecified atom stereocenters. The van der Waals surface area contributed by atoms with E-state index >= 15 is 0 Å². The van der Waals surface area contributed by atoms with Crippen molar-refractivity contribution in [1.82, 2.24) is 19.6 Å². The maximum absolute atomic E-state index is 12.6. The zero-order valence-corrected chi connectivity index (χ0v) is 15.9. The summed E-state index contributed by atoms with van der Waals surface area (Å²) in [6.45, 7) is 6.47. The molecule has 2 aliphatic heterocycles. The number of hydrogen-bond acceptors (Lipinski definition) is 5. The standard InChI is InChI=1S/C18H25N5OS/c1-14-4-5-16(25-14)10-22-7-6-18(12-22)13-23(17(24)11-20(18)2)15-8-19-21(3)9-15/h4-5,8-9H,6-7,10-13H2,1-3H3. The maximum atomic E-state index is 12.6. The normalized spacial score (nSPS) is 25.4.